The molecular weight excluding hydrogens is 701 g/mol. The molecule has 58 heavy (non-hydrogen) atoms. The Balaban J connectivity index is 0.986. The molecule has 0 N–H and O–H groups in total. The van der Waals surface area contributed by atoms with E-state index in [2.05, 4.69) is 228 Å². The number of fused-ring (bicyclic) bond motifs is 9. The van der Waals surface area contributed by atoms with E-state index in [9.17, 15) is 0 Å². The van der Waals surface area contributed by atoms with Crippen molar-refractivity contribution in [2.75, 3.05) is 4.90 Å². The van der Waals surface area contributed by atoms with Crippen molar-refractivity contribution in [2.45, 2.75) is 0 Å². The van der Waals surface area contributed by atoms with Crippen molar-refractivity contribution in [1.29, 1.82) is 0 Å². The Morgan fingerprint density at radius 1 is 0.293 bits per heavy atom. The molecule has 0 unspecified atom stereocenters. The van der Waals surface area contributed by atoms with E-state index >= 15 is 0 Å². The molecule has 270 valence electrons. The van der Waals surface area contributed by atoms with Gasteiger partial charge in [0, 0.05) is 33.3 Å². The van der Waals surface area contributed by atoms with Gasteiger partial charge in [0.25, 0.3) is 0 Å². The van der Waals surface area contributed by atoms with Crippen LogP contribution in [-0.2, 0) is 0 Å². The van der Waals surface area contributed by atoms with E-state index in [0.717, 1.165) is 17.1 Å². The second-order valence-electron chi connectivity index (χ2n) is 15.3. The summed E-state index contributed by atoms with van der Waals surface area (Å²) in [5.74, 6) is 0. The molecule has 1 aliphatic rings. The lowest BCUT2D eigenvalue weighted by Crippen LogP contribution is -2.12. The summed E-state index contributed by atoms with van der Waals surface area (Å²) in [5, 5.41) is 7.53. The molecule has 11 aromatic rings. The lowest BCUT2D eigenvalue weighted by molar-refractivity contribution is 1.19. The fraction of sp³-hybridized carbons (Fsp3) is 0. The summed E-state index contributed by atoms with van der Waals surface area (Å²) >= 11 is 0. The van der Waals surface area contributed by atoms with E-state index in [-0.39, 0.29) is 0 Å². The zero-order valence-electron chi connectivity index (χ0n) is 31.7. The third-order valence-electron chi connectivity index (χ3n) is 12.1. The summed E-state index contributed by atoms with van der Waals surface area (Å²) in [5.41, 5.74) is 17.1. The van der Waals surface area contributed by atoms with Gasteiger partial charge in [-0.1, -0.05) is 146 Å². The van der Waals surface area contributed by atoms with Crippen molar-refractivity contribution in [2.24, 2.45) is 0 Å². The highest BCUT2D eigenvalue weighted by molar-refractivity contribution is 6.13. The number of nitrogens with zero attached hydrogens (tertiary/aromatic N) is 2. The van der Waals surface area contributed by atoms with Crippen LogP contribution in [0.15, 0.2) is 218 Å². The minimum Gasteiger partial charge on any atom is -0.309 e. The molecule has 1 aliphatic carbocycles. The minimum absolute atomic E-state index is 1.12. The molecule has 10 aromatic carbocycles. The van der Waals surface area contributed by atoms with Crippen LogP contribution in [-0.4, -0.2) is 4.57 Å². The largest absolute Gasteiger partial charge is 0.309 e. The lowest BCUT2D eigenvalue weighted by Gasteiger charge is -2.30. The van der Waals surface area contributed by atoms with Crippen molar-refractivity contribution < 1.29 is 0 Å². The molecule has 12 rings (SSSR count). The van der Waals surface area contributed by atoms with E-state index in [1.54, 1.807) is 0 Å². The molecule has 0 saturated carbocycles. The van der Waals surface area contributed by atoms with Gasteiger partial charge < -0.3 is 9.47 Å². The average Bonchev–Trinajstić information content (AvgIpc) is 3.63. The van der Waals surface area contributed by atoms with Crippen LogP contribution >= 0.6 is 0 Å². The van der Waals surface area contributed by atoms with Crippen LogP contribution in [0.3, 0.4) is 0 Å². The smallest absolute Gasteiger partial charge is 0.0541 e. The van der Waals surface area contributed by atoms with Gasteiger partial charge in [-0.25, -0.2) is 0 Å². The van der Waals surface area contributed by atoms with Gasteiger partial charge in [0.2, 0.25) is 0 Å². The predicted octanol–water partition coefficient (Wildman–Crippen LogP) is 15.5. The van der Waals surface area contributed by atoms with E-state index in [0.29, 0.717) is 0 Å². The Morgan fingerprint density at radius 2 is 0.724 bits per heavy atom. The van der Waals surface area contributed by atoms with Gasteiger partial charge in [0.1, 0.15) is 0 Å². The zero-order valence-corrected chi connectivity index (χ0v) is 31.7. The first-order chi connectivity index (χ1) is 28.8. The quantitative estimate of drug-likeness (QED) is 0.165. The zero-order chi connectivity index (χ0) is 38.2. The number of benzene rings is 10. The van der Waals surface area contributed by atoms with Crippen LogP contribution in [0.2, 0.25) is 0 Å². The molecule has 0 radical (unpaired) electrons. The van der Waals surface area contributed by atoms with Crippen LogP contribution in [0, 0.1) is 0 Å². The number of anilines is 3. The number of hydrogen-bond acceptors (Lipinski definition) is 1. The summed E-state index contributed by atoms with van der Waals surface area (Å²) in [4.78, 5) is 2.44. The van der Waals surface area contributed by atoms with E-state index in [4.69, 9.17) is 0 Å². The molecule has 0 saturated heterocycles. The third kappa shape index (κ3) is 5.05. The van der Waals surface area contributed by atoms with Gasteiger partial charge in [-0.3, -0.25) is 0 Å². The molecule has 0 bridgehead atoms. The van der Waals surface area contributed by atoms with Crippen LogP contribution in [0.5, 0.6) is 0 Å². The molecule has 0 atom stereocenters. The van der Waals surface area contributed by atoms with Crippen LogP contribution in [0.4, 0.5) is 17.1 Å². The standard InChI is InChI=1S/C56H36N2/c1-3-15-37(16-4-1)45-19-7-11-23-53(45)57(54-24-12-8-20-46(54)38-17-5-2-6-18-38)43-29-27-39-33-49-51(35-41(39)31-43)50-34-40-28-30-44(32-42(40)36-52(49)50)58-55-25-13-9-21-47(55)48-22-10-14-26-56(48)58/h1-36H. The molecule has 0 amide bonds. The maximum Gasteiger partial charge on any atom is 0.0541 e. The molecule has 1 heterocycles. The number of para-hydroxylation sites is 4. The summed E-state index contributed by atoms with van der Waals surface area (Å²) in [6, 6.07) is 79.9. The minimum atomic E-state index is 1.12. The average molecular weight is 737 g/mol. The first-order valence-electron chi connectivity index (χ1n) is 20.0. The Kier molecular flexibility index (Phi) is 7.26. The summed E-state index contributed by atoms with van der Waals surface area (Å²) in [7, 11) is 0. The van der Waals surface area contributed by atoms with E-state index in [1.165, 1.54) is 93.5 Å². The molecule has 0 aliphatic heterocycles. The topological polar surface area (TPSA) is 8.17 Å². The maximum atomic E-state index is 2.44. The number of rotatable bonds is 6. The van der Waals surface area contributed by atoms with Gasteiger partial charge in [0.15, 0.2) is 0 Å². The molecular formula is C56H36N2. The second kappa shape index (κ2) is 12.9. The Morgan fingerprint density at radius 3 is 1.28 bits per heavy atom. The Labute approximate surface area is 337 Å². The first-order valence-corrected chi connectivity index (χ1v) is 20.0. The van der Waals surface area contributed by atoms with Gasteiger partial charge in [0.05, 0.1) is 22.4 Å². The highest BCUT2D eigenvalue weighted by Crippen LogP contribution is 2.52. The van der Waals surface area contributed by atoms with E-state index < -0.39 is 0 Å². The normalized spacial score (nSPS) is 11.8. The molecule has 1 aromatic heterocycles. The van der Waals surface area contributed by atoms with Crippen molar-refractivity contribution >= 4 is 60.4 Å². The maximum absolute atomic E-state index is 2.44. The fourth-order valence-electron chi connectivity index (χ4n) is 9.35. The number of aromatic nitrogens is 1. The third-order valence-corrected chi connectivity index (χ3v) is 12.1. The van der Waals surface area contributed by atoms with Gasteiger partial charge >= 0.3 is 0 Å². The summed E-state index contributed by atoms with van der Waals surface area (Å²) < 4.78 is 2.41. The SMILES string of the molecule is c1ccc(-c2ccccc2N(c2ccc3cc4c(cc3c2)-c2cc3ccc(-n5c6ccccc6c6ccccc65)cc3cc2-4)c2ccccc2-c2ccccc2)cc1. The fourth-order valence-corrected chi connectivity index (χ4v) is 9.35. The van der Waals surface area contributed by atoms with Crippen LogP contribution in [0.25, 0.3) is 93.5 Å². The summed E-state index contributed by atoms with van der Waals surface area (Å²) in [6.45, 7) is 0. The lowest BCUT2D eigenvalue weighted by atomic mass is 9.78. The Hall–Kier alpha value is -7.68. The molecule has 2 heteroatoms. The van der Waals surface area contributed by atoms with Crippen molar-refractivity contribution in [3.05, 3.63) is 218 Å². The number of hydrogen-bond donors (Lipinski definition) is 0. The van der Waals surface area contributed by atoms with Crippen molar-refractivity contribution in [3.8, 4) is 50.2 Å². The predicted molar refractivity (Wildman–Crippen MR) is 246 cm³/mol. The molecule has 2 nitrogen and oxygen atoms in total. The second-order valence-corrected chi connectivity index (χ2v) is 15.3. The Bertz CT molecular complexity index is 3260. The van der Waals surface area contributed by atoms with Crippen LogP contribution < -0.4 is 4.90 Å². The first kappa shape index (κ1) is 32.6. The monoisotopic (exact) mass is 736 g/mol. The molecule has 0 fully saturated rings. The van der Waals surface area contributed by atoms with Crippen LogP contribution in [0.1, 0.15) is 0 Å². The van der Waals surface area contributed by atoms with Gasteiger partial charge in [-0.2, -0.15) is 0 Å². The molecule has 0 spiro atoms. The summed E-state index contributed by atoms with van der Waals surface area (Å²) in [6.07, 6.45) is 0. The van der Waals surface area contributed by atoms with Crippen molar-refractivity contribution in [1.82, 2.24) is 4.57 Å². The highest BCUT2D eigenvalue weighted by Gasteiger charge is 2.25. The van der Waals surface area contributed by atoms with Crippen molar-refractivity contribution in [3.63, 3.8) is 0 Å². The van der Waals surface area contributed by atoms with Gasteiger partial charge in [-0.05, 0) is 128 Å². The van der Waals surface area contributed by atoms with E-state index in [1.807, 2.05) is 0 Å². The van der Waals surface area contributed by atoms with Gasteiger partial charge in [-0.15, -0.1) is 0 Å². The highest BCUT2D eigenvalue weighted by atomic mass is 15.1.